The fourth-order valence-corrected chi connectivity index (χ4v) is 6.48. The highest BCUT2D eigenvalue weighted by Crippen LogP contribution is 2.53. The second-order valence-corrected chi connectivity index (χ2v) is 10.9. The molecular formula is C36H38O8. The Kier molecular flexibility index (Phi) is 8.33. The molecule has 0 saturated heterocycles. The first-order valence-electron chi connectivity index (χ1n) is 14.6. The zero-order chi connectivity index (χ0) is 30.8. The molecule has 0 saturated carbocycles. The Balaban J connectivity index is 1.50. The van der Waals surface area contributed by atoms with Crippen LogP contribution in [-0.4, -0.2) is 55.9 Å². The standard InChI is InChI=1S/C36H38O8/c1-37-23-8-7-21-13-22(19-43-31(21)14-23)28-17-29(34(42-6)18-33(28)41-5)36-27-12-10-25(39-3)16-35(27)44-20-30(36)26-11-9-24(38-2)15-32(26)40-4/h7-12,14-18,22,30,36H,13,19-20H2,1-6H3/t22-,30-,36-/m0/s1. The van der Waals surface area contributed by atoms with E-state index < -0.39 is 0 Å². The summed E-state index contributed by atoms with van der Waals surface area (Å²) >= 11 is 0. The molecule has 6 rings (SSSR count). The molecule has 0 spiro atoms. The van der Waals surface area contributed by atoms with E-state index in [1.165, 1.54) is 0 Å². The lowest BCUT2D eigenvalue weighted by Gasteiger charge is -2.36. The van der Waals surface area contributed by atoms with Crippen molar-refractivity contribution in [2.24, 2.45) is 0 Å². The van der Waals surface area contributed by atoms with Crippen LogP contribution in [0.1, 0.15) is 45.6 Å². The zero-order valence-corrected chi connectivity index (χ0v) is 26.0. The minimum atomic E-state index is -0.132. The first-order valence-corrected chi connectivity index (χ1v) is 14.6. The zero-order valence-electron chi connectivity index (χ0n) is 26.0. The molecule has 44 heavy (non-hydrogen) atoms. The molecule has 0 unspecified atom stereocenters. The van der Waals surface area contributed by atoms with Gasteiger partial charge in [0.25, 0.3) is 0 Å². The number of fused-ring (bicyclic) bond motifs is 2. The number of hydrogen-bond donors (Lipinski definition) is 0. The highest BCUT2D eigenvalue weighted by atomic mass is 16.5. The summed E-state index contributed by atoms with van der Waals surface area (Å²) in [5, 5.41) is 0. The van der Waals surface area contributed by atoms with Crippen LogP contribution >= 0.6 is 0 Å². The lowest BCUT2D eigenvalue weighted by atomic mass is 9.74. The fourth-order valence-electron chi connectivity index (χ4n) is 6.48. The lowest BCUT2D eigenvalue weighted by molar-refractivity contribution is 0.241. The van der Waals surface area contributed by atoms with Crippen molar-refractivity contribution < 1.29 is 37.9 Å². The Morgan fingerprint density at radius 3 is 1.75 bits per heavy atom. The van der Waals surface area contributed by atoms with Crippen molar-refractivity contribution in [1.29, 1.82) is 0 Å². The SMILES string of the molecule is COc1ccc2c(c1)OC[C@@H](c1cc([C@@H]3c4ccc(OC)cc4OC[C@H]3c3ccc(OC)cc3OC)c(OC)cc1OC)C2. The van der Waals surface area contributed by atoms with E-state index in [1.807, 2.05) is 42.5 Å². The van der Waals surface area contributed by atoms with Gasteiger partial charge < -0.3 is 37.9 Å². The molecule has 4 aromatic rings. The number of rotatable bonds is 9. The van der Waals surface area contributed by atoms with E-state index >= 15 is 0 Å². The normalized spacial score (nSPS) is 18.5. The summed E-state index contributed by atoms with van der Waals surface area (Å²) in [6.45, 7) is 0.944. The molecule has 0 N–H and O–H groups in total. The van der Waals surface area contributed by atoms with Gasteiger partial charge in [0.05, 0.1) is 55.9 Å². The van der Waals surface area contributed by atoms with Crippen LogP contribution < -0.4 is 37.9 Å². The van der Waals surface area contributed by atoms with Crippen LogP contribution in [0.4, 0.5) is 0 Å². The summed E-state index contributed by atoms with van der Waals surface area (Å²) in [6.07, 6.45) is 0.804. The molecule has 0 fully saturated rings. The molecule has 230 valence electrons. The van der Waals surface area contributed by atoms with Gasteiger partial charge in [0.2, 0.25) is 0 Å². The molecule has 2 aliphatic rings. The average molecular weight is 599 g/mol. The van der Waals surface area contributed by atoms with Crippen molar-refractivity contribution in [3.8, 4) is 46.0 Å². The van der Waals surface area contributed by atoms with Crippen molar-refractivity contribution >= 4 is 0 Å². The van der Waals surface area contributed by atoms with Crippen molar-refractivity contribution in [2.75, 3.05) is 55.9 Å². The van der Waals surface area contributed by atoms with E-state index in [4.69, 9.17) is 37.9 Å². The second-order valence-electron chi connectivity index (χ2n) is 10.9. The molecule has 0 radical (unpaired) electrons. The molecule has 8 heteroatoms. The minimum Gasteiger partial charge on any atom is -0.497 e. The maximum Gasteiger partial charge on any atom is 0.126 e. The first-order chi connectivity index (χ1) is 21.5. The highest BCUT2D eigenvalue weighted by molar-refractivity contribution is 5.59. The average Bonchev–Trinajstić information content (AvgIpc) is 3.09. The molecule has 0 bridgehead atoms. The largest absolute Gasteiger partial charge is 0.497 e. The Morgan fingerprint density at radius 1 is 0.500 bits per heavy atom. The topological polar surface area (TPSA) is 73.8 Å². The smallest absolute Gasteiger partial charge is 0.126 e. The third-order valence-corrected chi connectivity index (χ3v) is 8.75. The van der Waals surface area contributed by atoms with Crippen LogP contribution in [0.3, 0.4) is 0 Å². The van der Waals surface area contributed by atoms with Gasteiger partial charge in [0, 0.05) is 64.3 Å². The van der Waals surface area contributed by atoms with Gasteiger partial charge >= 0.3 is 0 Å². The van der Waals surface area contributed by atoms with Gasteiger partial charge in [0.1, 0.15) is 46.0 Å². The van der Waals surface area contributed by atoms with E-state index in [9.17, 15) is 0 Å². The van der Waals surface area contributed by atoms with E-state index in [0.29, 0.717) is 13.2 Å². The summed E-state index contributed by atoms with van der Waals surface area (Å²) in [5.74, 6) is 5.95. The summed E-state index contributed by atoms with van der Waals surface area (Å²) in [4.78, 5) is 0. The monoisotopic (exact) mass is 598 g/mol. The Labute approximate surface area is 258 Å². The van der Waals surface area contributed by atoms with Crippen LogP contribution in [0.2, 0.25) is 0 Å². The highest BCUT2D eigenvalue weighted by Gasteiger charge is 2.38. The number of benzene rings is 4. The quantitative estimate of drug-likeness (QED) is 0.209. The molecule has 3 atom stereocenters. The van der Waals surface area contributed by atoms with Gasteiger partial charge in [-0.2, -0.15) is 0 Å². The van der Waals surface area contributed by atoms with E-state index in [-0.39, 0.29) is 17.8 Å². The third kappa shape index (κ3) is 5.29. The fraction of sp³-hybridized carbons (Fsp3) is 0.333. The summed E-state index contributed by atoms with van der Waals surface area (Å²) < 4.78 is 47.0. The van der Waals surface area contributed by atoms with Gasteiger partial charge in [-0.05, 0) is 36.2 Å². The van der Waals surface area contributed by atoms with Gasteiger partial charge in [0.15, 0.2) is 0 Å². The van der Waals surface area contributed by atoms with Crippen molar-refractivity contribution in [3.05, 3.63) is 94.5 Å². The molecule has 8 nitrogen and oxygen atoms in total. The first kappa shape index (κ1) is 29.4. The minimum absolute atomic E-state index is 0.0691. The van der Waals surface area contributed by atoms with Gasteiger partial charge in [-0.25, -0.2) is 0 Å². The molecule has 0 amide bonds. The van der Waals surface area contributed by atoms with Gasteiger partial charge in [-0.1, -0.05) is 18.2 Å². The second kappa shape index (κ2) is 12.5. The molecular weight excluding hydrogens is 560 g/mol. The van der Waals surface area contributed by atoms with Crippen LogP contribution in [0, 0.1) is 0 Å². The molecule has 2 heterocycles. The summed E-state index contributed by atoms with van der Waals surface area (Å²) in [7, 11) is 10.0. The lowest BCUT2D eigenvalue weighted by Crippen LogP contribution is -2.27. The maximum absolute atomic E-state index is 6.40. The van der Waals surface area contributed by atoms with Crippen LogP contribution in [0.15, 0.2) is 66.7 Å². The number of hydrogen-bond acceptors (Lipinski definition) is 8. The van der Waals surface area contributed by atoms with Crippen molar-refractivity contribution in [2.45, 2.75) is 24.2 Å². The van der Waals surface area contributed by atoms with E-state index in [1.54, 1.807) is 42.7 Å². The van der Waals surface area contributed by atoms with Crippen molar-refractivity contribution in [3.63, 3.8) is 0 Å². The molecule has 4 aromatic carbocycles. The Hall–Kier alpha value is -4.72. The number of ether oxygens (including phenoxy) is 8. The molecule has 2 aliphatic heterocycles. The number of methoxy groups -OCH3 is 6. The van der Waals surface area contributed by atoms with Crippen molar-refractivity contribution in [1.82, 2.24) is 0 Å². The Morgan fingerprint density at radius 2 is 1.07 bits per heavy atom. The van der Waals surface area contributed by atoms with Crippen LogP contribution in [0.25, 0.3) is 0 Å². The predicted molar refractivity (Wildman–Crippen MR) is 167 cm³/mol. The van der Waals surface area contributed by atoms with Gasteiger partial charge in [-0.3, -0.25) is 0 Å². The molecule has 0 aliphatic carbocycles. The predicted octanol–water partition coefficient (Wildman–Crippen LogP) is 6.77. The van der Waals surface area contributed by atoms with Gasteiger partial charge in [-0.15, -0.1) is 0 Å². The van der Waals surface area contributed by atoms with Crippen LogP contribution in [0.5, 0.6) is 46.0 Å². The Bertz CT molecular complexity index is 1650. The summed E-state index contributed by atoms with van der Waals surface area (Å²) in [6, 6.07) is 22.2. The molecule has 0 aromatic heterocycles. The van der Waals surface area contributed by atoms with E-state index in [0.717, 1.165) is 80.2 Å². The van der Waals surface area contributed by atoms with Crippen LogP contribution in [-0.2, 0) is 6.42 Å². The van der Waals surface area contributed by atoms with E-state index in [2.05, 4.69) is 24.3 Å². The maximum atomic E-state index is 6.40. The summed E-state index contributed by atoms with van der Waals surface area (Å²) in [5.41, 5.74) is 5.27. The third-order valence-electron chi connectivity index (χ3n) is 8.75.